The molecule has 2 nitrogen and oxygen atoms in total. The first-order chi connectivity index (χ1) is 7.25. The molecule has 1 aliphatic carbocycles. The van der Waals surface area contributed by atoms with Crippen molar-refractivity contribution >= 4 is 0 Å². The lowest BCUT2D eigenvalue weighted by molar-refractivity contribution is 0.300. The third-order valence-corrected chi connectivity index (χ3v) is 3.03. The molecule has 82 valence electrons. The maximum absolute atomic E-state index is 6.13. The zero-order chi connectivity index (χ0) is 10.7. The van der Waals surface area contributed by atoms with E-state index in [9.17, 15) is 0 Å². The summed E-state index contributed by atoms with van der Waals surface area (Å²) in [5, 5.41) is 0. The van der Waals surface area contributed by atoms with Crippen LogP contribution in [0.25, 0.3) is 0 Å². The van der Waals surface area contributed by atoms with Gasteiger partial charge in [0.1, 0.15) is 0 Å². The second-order valence-electron chi connectivity index (χ2n) is 4.62. The summed E-state index contributed by atoms with van der Waals surface area (Å²) in [6.45, 7) is 1.01. The number of likely N-dealkylation sites (N-methyl/N-ethyl adjacent to an activating group) is 1. The van der Waals surface area contributed by atoms with Crippen molar-refractivity contribution in [2.75, 3.05) is 13.6 Å². The second kappa shape index (κ2) is 4.77. The van der Waals surface area contributed by atoms with Crippen LogP contribution < -0.4 is 5.73 Å². The fraction of sp³-hybridized carbons (Fsp3) is 0.538. The third kappa shape index (κ3) is 3.33. The Hall–Kier alpha value is -0.860. The maximum atomic E-state index is 6.13. The van der Waals surface area contributed by atoms with Crippen molar-refractivity contribution in [3.05, 3.63) is 35.9 Å². The van der Waals surface area contributed by atoms with Crippen LogP contribution in [0.5, 0.6) is 0 Å². The van der Waals surface area contributed by atoms with E-state index >= 15 is 0 Å². The molecule has 0 saturated heterocycles. The lowest BCUT2D eigenvalue weighted by Gasteiger charge is -2.20. The standard InChI is InChI=1S/C13H20N2/c1-15(13-7-8-13)10-12(14)9-11-5-3-2-4-6-11/h2-6,12-13H,7-10,14H2,1H3. The molecule has 0 aromatic heterocycles. The molecule has 1 fully saturated rings. The Morgan fingerprint density at radius 3 is 2.60 bits per heavy atom. The second-order valence-corrected chi connectivity index (χ2v) is 4.62. The smallest absolute Gasteiger partial charge is 0.0208 e. The minimum atomic E-state index is 0.262. The van der Waals surface area contributed by atoms with Gasteiger partial charge in [-0.05, 0) is 31.9 Å². The van der Waals surface area contributed by atoms with E-state index in [4.69, 9.17) is 5.73 Å². The van der Waals surface area contributed by atoms with Crippen LogP contribution in [0.1, 0.15) is 18.4 Å². The van der Waals surface area contributed by atoms with E-state index in [0.29, 0.717) is 0 Å². The highest BCUT2D eigenvalue weighted by Gasteiger charge is 2.26. The summed E-state index contributed by atoms with van der Waals surface area (Å²) in [6, 6.07) is 11.6. The van der Waals surface area contributed by atoms with Gasteiger partial charge in [0, 0.05) is 18.6 Å². The molecule has 0 aliphatic heterocycles. The van der Waals surface area contributed by atoms with Gasteiger partial charge in [-0.1, -0.05) is 30.3 Å². The highest BCUT2D eigenvalue weighted by molar-refractivity contribution is 5.15. The first-order valence-corrected chi connectivity index (χ1v) is 5.75. The van der Waals surface area contributed by atoms with Crippen molar-refractivity contribution in [2.45, 2.75) is 31.3 Å². The fourth-order valence-corrected chi connectivity index (χ4v) is 2.02. The minimum Gasteiger partial charge on any atom is -0.326 e. The minimum absolute atomic E-state index is 0.262. The Kier molecular flexibility index (Phi) is 3.39. The van der Waals surface area contributed by atoms with Crippen LogP contribution in [0.2, 0.25) is 0 Å². The van der Waals surface area contributed by atoms with Gasteiger partial charge in [-0.2, -0.15) is 0 Å². The van der Waals surface area contributed by atoms with Crippen molar-refractivity contribution in [1.82, 2.24) is 4.90 Å². The predicted octanol–water partition coefficient (Wildman–Crippen LogP) is 1.65. The molecule has 0 radical (unpaired) electrons. The average Bonchev–Trinajstić information content (AvgIpc) is 3.01. The van der Waals surface area contributed by atoms with Crippen LogP contribution in [0.15, 0.2) is 30.3 Å². The molecular weight excluding hydrogens is 184 g/mol. The normalized spacial score (nSPS) is 18.1. The Bertz CT molecular complexity index is 293. The summed E-state index contributed by atoms with van der Waals surface area (Å²) < 4.78 is 0. The third-order valence-electron chi connectivity index (χ3n) is 3.03. The van der Waals surface area contributed by atoms with Crippen molar-refractivity contribution in [1.29, 1.82) is 0 Å². The van der Waals surface area contributed by atoms with E-state index < -0.39 is 0 Å². The average molecular weight is 204 g/mol. The Labute approximate surface area is 92.1 Å². The van der Waals surface area contributed by atoms with Gasteiger partial charge >= 0.3 is 0 Å². The molecule has 1 aromatic carbocycles. The van der Waals surface area contributed by atoms with Gasteiger partial charge in [-0.15, -0.1) is 0 Å². The zero-order valence-corrected chi connectivity index (χ0v) is 9.39. The van der Waals surface area contributed by atoms with Crippen LogP contribution >= 0.6 is 0 Å². The number of nitrogens with zero attached hydrogens (tertiary/aromatic N) is 1. The zero-order valence-electron chi connectivity index (χ0n) is 9.39. The number of hydrogen-bond donors (Lipinski definition) is 1. The summed E-state index contributed by atoms with van der Waals surface area (Å²) in [6.07, 6.45) is 3.70. The number of nitrogens with two attached hydrogens (primary N) is 1. The van der Waals surface area contributed by atoms with E-state index in [1.807, 2.05) is 6.07 Å². The molecule has 15 heavy (non-hydrogen) atoms. The Morgan fingerprint density at radius 1 is 1.33 bits per heavy atom. The molecule has 1 saturated carbocycles. The number of hydrogen-bond acceptors (Lipinski definition) is 2. The van der Waals surface area contributed by atoms with Gasteiger partial charge in [-0.3, -0.25) is 0 Å². The van der Waals surface area contributed by atoms with E-state index in [2.05, 4.69) is 36.2 Å². The van der Waals surface area contributed by atoms with Gasteiger partial charge in [0.15, 0.2) is 0 Å². The predicted molar refractivity (Wildman–Crippen MR) is 63.8 cm³/mol. The van der Waals surface area contributed by atoms with E-state index in [1.54, 1.807) is 0 Å². The lowest BCUT2D eigenvalue weighted by Crippen LogP contribution is -2.37. The lowest BCUT2D eigenvalue weighted by atomic mass is 10.1. The molecule has 0 heterocycles. The van der Waals surface area contributed by atoms with Crippen LogP contribution in [0, 0.1) is 0 Å². The first kappa shape index (κ1) is 10.7. The summed E-state index contributed by atoms with van der Waals surface area (Å²) in [5.74, 6) is 0. The molecule has 1 aromatic rings. The first-order valence-electron chi connectivity index (χ1n) is 5.75. The SMILES string of the molecule is CN(CC(N)Cc1ccccc1)C1CC1. The molecule has 0 amide bonds. The topological polar surface area (TPSA) is 29.3 Å². The van der Waals surface area contributed by atoms with E-state index in [1.165, 1.54) is 18.4 Å². The van der Waals surface area contributed by atoms with Crippen molar-refractivity contribution in [3.8, 4) is 0 Å². The van der Waals surface area contributed by atoms with Gasteiger partial charge in [0.25, 0.3) is 0 Å². The highest BCUT2D eigenvalue weighted by Crippen LogP contribution is 2.25. The Morgan fingerprint density at radius 2 is 2.00 bits per heavy atom. The van der Waals surface area contributed by atoms with E-state index in [-0.39, 0.29) is 6.04 Å². The molecule has 0 bridgehead atoms. The quantitative estimate of drug-likeness (QED) is 0.790. The summed E-state index contributed by atoms with van der Waals surface area (Å²) in [7, 11) is 2.18. The number of benzene rings is 1. The van der Waals surface area contributed by atoms with Crippen molar-refractivity contribution in [3.63, 3.8) is 0 Å². The van der Waals surface area contributed by atoms with Gasteiger partial charge in [-0.25, -0.2) is 0 Å². The highest BCUT2D eigenvalue weighted by atomic mass is 15.2. The van der Waals surface area contributed by atoms with Gasteiger partial charge in [0.05, 0.1) is 0 Å². The molecule has 1 unspecified atom stereocenters. The van der Waals surface area contributed by atoms with Crippen LogP contribution in [-0.4, -0.2) is 30.6 Å². The molecule has 2 N–H and O–H groups in total. The molecular formula is C13H20N2. The molecule has 1 aliphatic rings. The van der Waals surface area contributed by atoms with Crippen LogP contribution in [0.4, 0.5) is 0 Å². The van der Waals surface area contributed by atoms with Gasteiger partial charge < -0.3 is 10.6 Å². The summed E-state index contributed by atoms with van der Waals surface area (Å²) in [5.41, 5.74) is 7.47. The van der Waals surface area contributed by atoms with Gasteiger partial charge in [0.2, 0.25) is 0 Å². The fourth-order valence-electron chi connectivity index (χ4n) is 2.02. The van der Waals surface area contributed by atoms with Crippen molar-refractivity contribution in [2.24, 2.45) is 5.73 Å². The maximum Gasteiger partial charge on any atom is 0.0208 e. The summed E-state index contributed by atoms with van der Waals surface area (Å²) >= 11 is 0. The monoisotopic (exact) mass is 204 g/mol. The number of rotatable bonds is 5. The largest absolute Gasteiger partial charge is 0.326 e. The molecule has 0 spiro atoms. The molecule has 1 atom stereocenters. The van der Waals surface area contributed by atoms with E-state index in [0.717, 1.165) is 19.0 Å². The van der Waals surface area contributed by atoms with Crippen LogP contribution in [0.3, 0.4) is 0 Å². The van der Waals surface area contributed by atoms with Crippen molar-refractivity contribution < 1.29 is 0 Å². The molecule has 2 rings (SSSR count). The Balaban J connectivity index is 1.79. The van der Waals surface area contributed by atoms with Crippen LogP contribution in [-0.2, 0) is 6.42 Å². The summed E-state index contributed by atoms with van der Waals surface area (Å²) in [4.78, 5) is 2.40. The molecule has 2 heteroatoms.